The zero-order chi connectivity index (χ0) is 21.2. The molecule has 0 saturated heterocycles. The number of nitrogens with zero attached hydrogens (tertiary/aromatic N) is 2. The molecule has 2 atom stereocenters. The summed E-state index contributed by atoms with van der Waals surface area (Å²) in [5.41, 5.74) is 5.84. The number of aryl methyl sites for hydroxylation is 2. The molecule has 30 heavy (non-hydrogen) atoms. The molecule has 1 aliphatic carbocycles. The van der Waals surface area contributed by atoms with E-state index in [0.29, 0.717) is 46.7 Å². The van der Waals surface area contributed by atoms with E-state index < -0.39 is 5.92 Å². The summed E-state index contributed by atoms with van der Waals surface area (Å²) >= 11 is 0. The first-order valence-corrected chi connectivity index (χ1v) is 10.4. The molecule has 4 aliphatic rings. The van der Waals surface area contributed by atoms with Crippen molar-refractivity contribution in [2.45, 2.75) is 58.6 Å². The molecule has 0 unspecified atom stereocenters. The predicted molar refractivity (Wildman–Crippen MR) is 110 cm³/mol. The van der Waals surface area contributed by atoms with E-state index in [9.17, 15) is 14.0 Å². The van der Waals surface area contributed by atoms with Crippen LogP contribution in [0.4, 0.5) is 4.39 Å². The van der Waals surface area contributed by atoms with Crippen LogP contribution in [0.5, 0.6) is 0 Å². The molecule has 5 nitrogen and oxygen atoms in total. The minimum absolute atomic E-state index is 0.00574. The van der Waals surface area contributed by atoms with Crippen LogP contribution in [0.25, 0.3) is 11.4 Å². The van der Waals surface area contributed by atoms with Crippen LogP contribution in [0.15, 0.2) is 29.1 Å². The highest BCUT2D eigenvalue weighted by Crippen LogP contribution is 2.38. The third-order valence-electron chi connectivity index (χ3n) is 6.61. The van der Waals surface area contributed by atoms with E-state index in [1.165, 1.54) is 6.07 Å². The number of esters is 1. The van der Waals surface area contributed by atoms with Gasteiger partial charge in [-0.2, -0.15) is 0 Å². The van der Waals surface area contributed by atoms with Gasteiger partial charge in [0.1, 0.15) is 12.4 Å². The molecule has 0 saturated carbocycles. The molecular formula is C24H23FN2O3. The van der Waals surface area contributed by atoms with Gasteiger partial charge in [0.2, 0.25) is 0 Å². The van der Waals surface area contributed by atoms with Crippen molar-refractivity contribution in [3.63, 3.8) is 0 Å². The number of carbonyl (C=O) groups excluding carboxylic acids is 1. The number of carbonyl (C=O) groups is 1. The van der Waals surface area contributed by atoms with Gasteiger partial charge in [-0.3, -0.25) is 14.6 Å². The molecule has 6 heteroatoms. The van der Waals surface area contributed by atoms with E-state index in [2.05, 4.69) is 6.92 Å². The van der Waals surface area contributed by atoms with E-state index in [4.69, 9.17) is 9.72 Å². The van der Waals surface area contributed by atoms with Gasteiger partial charge >= 0.3 is 5.97 Å². The largest absolute Gasteiger partial charge is 0.460 e. The highest BCUT2D eigenvalue weighted by molar-refractivity contribution is 5.81. The van der Waals surface area contributed by atoms with Crippen molar-refractivity contribution < 1.29 is 13.9 Å². The van der Waals surface area contributed by atoms with E-state index in [0.717, 1.165) is 17.5 Å². The van der Waals surface area contributed by atoms with Gasteiger partial charge in [0, 0.05) is 11.3 Å². The number of hydrogen-bond donors (Lipinski definition) is 0. The summed E-state index contributed by atoms with van der Waals surface area (Å²) in [4.78, 5) is 30.2. The molecule has 3 aliphatic heterocycles. The third kappa shape index (κ3) is 2.77. The number of halogens is 1. The van der Waals surface area contributed by atoms with Crippen LogP contribution in [0, 0.1) is 12.7 Å². The summed E-state index contributed by atoms with van der Waals surface area (Å²) < 4.78 is 21.5. The number of pyridine rings is 1. The lowest BCUT2D eigenvalue weighted by atomic mass is 9.89. The van der Waals surface area contributed by atoms with E-state index in [1.807, 2.05) is 18.2 Å². The van der Waals surface area contributed by atoms with Crippen LogP contribution in [-0.4, -0.2) is 15.5 Å². The van der Waals surface area contributed by atoms with Crippen LogP contribution in [-0.2, 0) is 29.1 Å². The van der Waals surface area contributed by atoms with Crippen molar-refractivity contribution in [2.24, 2.45) is 0 Å². The van der Waals surface area contributed by atoms with Crippen molar-refractivity contribution in [2.75, 3.05) is 0 Å². The number of hydrogen-bond acceptors (Lipinski definition) is 4. The van der Waals surface area contributed by atoms with Gasteiger partial charge in [-0.15, -0.1) is 0 Å². The molecule has 0 spiro atoms. The Morgan fingerprint density at radius 2 is 1.93 bits per heavy atom. The number of fused-ring (bicyclic) bond motifs is 8. The summed E-state index contributed by atoms with van der Waals surface area (Å²) in [5, 5.41) is 0. The second-order valence-corrected chi connectivity index (χ2v) is 8.52. The first-order chi connectivity index (χ1) is 14.3. The number of aromatic nitrogens is 2. The van der Waals surface area contributed by atoms with Crippen molar-refractivity contribution in [3.05, 3.63) is 73.9 Å². The van der Waals surface area contributed by atoms with Gasteiger partial charge in [0.25, 0.3) is 5.56 Å². The van der Waals surface area contributed by atoms with Gasteiger partial charge in [-0.25, -0.2) is 4.39 Å². The zero-order valence-electron chi connectivity index (χ0n) is 17.3. The van der Waals surface area contributed by atoms with E-state index >= 15 is 0 Å². The molecule has 2 bridgehead atoms. The van der Waals surface area contributed by atoms with Crippen LogP contribution in [0.2, 0.25) is 0 Å². The molecule has 5 heterocycles. The summed E-state index contributed by atoms with van der Waals surface area (Å²) in [6, 6.07) is 7.19. The van der Waals surface area contributed by atoms with Crippen molar-refractivity contribution in [1.29, 1.82) is 0 Å². The lowest BCUT2D eigenvalue weighted by molar-refractivity contribution is -0.147. The van der Waals surface area contributed by atoms with Crippen LogP contribution >= 0.6 is 0 Å². The molecule has 0 radical (unpaired) electrons. The summed E-state index contributed by atoms with van der Waals surface area (Å²) in [5.74, 6) is -0.859. The number of ether oxygens (including phenoxy) is 1. The second-order valence-electron chi connectivity index (χ2n) is 8.52. The maximum atomic E-state index is 14.6. The zero-order valence-corrected chi connectivity index (χ0v) is 17.3. The first kappa shape index (κ1) is 19.0. The van der Waals surface area contributed by atoms with Crippen molar-refractivity contribution in [1.82, 2.24) is 9.55 Å². The molecule has 154 valence electrons. The fourth-order valence-electron chi connectivity index (χ4n) is 4.67. The highest BCUT2D eigenvalue weighted by Gasteiger charge is 2.33. The normalized spacial score (nSPS) is 20.6. The van der Waals surface area contributed by atoms with Gasteiger partial charge in [-0.05, 0) is 61.4 Å². The van der Waals surface area contributed by atoms with Crippen molar-refractivity contribution in [3.8, 4) is 11.4 Å². The standard InChI is InChI=1S/C24H23FN2O3/c1-12-4-6-15-8-20(25)13(2)5-7-16(12)18-10-27-21(22(18)26-15)9-17-14(3)24(29)30-11-19(17)23(27)28/h5,7-9,12,14H,4,6,10-11H2,1-3H3/t12-,14+/m0/s1. The Balaban J connectivity index is 1.87. The molecule has 0 aromatic carbocycles. The van der Waals surface area contributed by atoms with Gasteiger partial charge in [0.15, 0.2) is 0 Å². The summed E-state index contributed by atoms with van der Waals surface area (Å²) in [7, 11) is 0. The Hall–Kier alpha value is -3.02. The van der Waals surface area contributed by atoms with E-state index in [1.54, 1.807) is 18.4 Å². The second kappa shape index (κ2) is 6.76. The van der Waals surface area contributed by atoms with Crippen LogP contribution in [0.1, 0.15) is 65.6 Å². The Kier molecular flexibility index (Phi) is 4.27. The highest BCUT2D eigenvalue weighted by atomic mass is 19.1. The maximum absolute atomic E-state index is 14.6. The molecule has 2 aromatic rings. The van der Waals surface area contributed by atoms with Crippen LogP contribution < -0.4 is 5.56 Å². The molecule has 0 amide bonds. The van der Waals surface area contributed by atoms with Crippen molar-refractivity contribution >= 4 is 5.97 Å². The molecule has 0 fully saturated rings. The predicted octanol–water partition coefficient (Wildman–Crippen LogP) is 4.05. The molecule has 2 aromatic heterocycles. The average molecular weight is 406 g/mol. The van der Waals surface area contributed by atoms with Gasteiger partial charge < -0.3 is 9.30 Å². The quantitative estimate of drug-likeness (QED) is 0.529. The maximum Gasteiger partial charge on any atom is 0.313 e. The number of cyclic esters (lactones) is 1. The molecule has 0 N–H and O–H groups in total. The van der Waals surface area contributed by atoms with Crippen LogP contribution in [0.3, 0.4) is 0 Å². The van der Waals surface area contributed by atoms with Gasteiger partial charge in [0.05, 0.1) is 29.4 Å². The minimum atomic E-state index is -0.496. The minimum Gasteiger partial charge on any atom is -0.460 e. The Morgan fingerprint density at radius 1 is 1.13 bits per heavy atom. The fourth-order valence-corrected chi connectivity index (χ4v) is 4.67. The topological polar surface area (TPSA) is 61.2 Å². The van der Waals surface area contributed by atoms with Gasteiger partial charge in [-0.1, -0.05) is 19.1 Å². The Bertz CT molecular complexity index is 1230. The Labute approximate surface area is 173 Å². The lowest BCUT2D eigenvalue weighted by Crippen LogP contribution is -2.31. The summed E-state index contributed by atoms with van der Waals surface area (Å²) in [6.07, 6.45) is 1.52. The fraction of sp³-hybridized carbons (Fsp3) is 0.375. The molecule has 6 rings (SSSR count). The Morgan fingerprint density at radius 3 is 2.73 bits per heavy atom. The van der Waals surface area contributed by atoms with E-state index in [-0.39, 0.29) is 29.9 Å². The third-order valence-corrected chi connectivity index (χ3v) is 6.61. The SMILES string of the molecule is Cc1ccc2c3c(nc(cc1F)CC[C@@H]2C)-c1cc2c(c(=O)n1C3)COC(=O)[C@@H]2C. The summed E-state index contributed by atoms with van der Waals surface area (Å²) in [6.45, 7) is 6.10. The lowest BCUT2D eigenvalue weighted by Gasteiger charge is -2.22. The smallest absolute Gasteiger partial charge is 0.313 e. The first-order valence-electron chi connectivity index (χ1n) is 10.4. The monoisotopic (exact) mass is 406 g/mol. The number of rotatable bonds is 0. The molecular weight excluding hydrogens is 383 g/mol. The average Bonchev–Trinajstić information content (AvgIpc) is 3.06.